The van der Waals surface area contributed by atoms with Crippen molar-refractivity contribution in [1.82, 2.24) is 24.6 Å². The lowest BCUT2D eigenvalue weighted by Crippen LogP contribution is -2.41. The summed E-state index contributed by atoms with van der Waals surface area (Å²) in [6.07, 6.45) is 4.39. The molecule has 0 radical (unpaired) electrons. The van der Waals surface area contributed by atoms with Crippen LogP contribution in [-0.4, -0.2) is 48.9 Å². The van der Waals surface area contributed by atoms with E-state index in [2.05, 4.69) is 20.2 Å². The molecule has 9 heteroatoms. The molecule has 0 saturated carbocycles. The molecule has 3 aromatic heterocycles. The molecule has 1 N–H and O–H groups in total. The Bertz CT molecular complexity index is 1550. The van der Waals surface area contributed by atoms with Crippen molar-refractivity contribution >= 4 is 34.4 Å². The van der Waals surface area contributed by atoms with Crippen molar-refractivity contribution in [2.45, 2.75) is 28.0 Å². The molecule has 8 nitrogen and oxygen atoms in total. The molecule has 174 valence electrons. The van der Waals surface area contributed by atoms with Gasteiger partial charge in [0.15, 0.2) is 11.5 Å². The van der Waals surface area contributed by atoms with Gasteiger partial charge in [-0.3, -0.25) is 19.2 Å². The number of nitrogens with zero attached hydrogens (tertiary/aromatic N) is 5. The fourth-order valence-electron chi connectivity index (χ4n) is 4.60. The lowest BCUT2D eigenvalue weighted by Gasteiger charge is -2.33. The second-order valence-corrected chi connectivity index (χ2v) is 9.62. The summed E-state index contributed by atoms with van der Waals surface area (Å²) in [5.74, 6) is -0.129. The highest BCUT2D eigenvalue weighted by atomic mass is 32.2. The lowest BCUT2D eigenvalue weighted by molar-refractivity contribution is -0.147. The molecule has 0 spiro atoms. The number of hydrogen-bond donors (Lipinski definition) is 1. The number of benzene rings is 2. The van der Waals surface area contributed by atoms with Crippen LogP contribution >= 0.6 is 11.8 Å². The van der Waals surface area contributed by atoms with Crippen molar-refractivity contribution in [2.75, 3.05) is 13.2 Å². The van der Waals surface area contributed by atoms with E-state index in [1.807, 2.05) is 65.1 Å². The summed E-state index contributed by atoms with van der Waals surface area (Å²) in [5.41, 5.74) is 3.01. The van der Waals surface area contributed by atoms with E-state index in [9.17, 15) is 9.90 Å². The summed E-state index contributed by atoms with van der Waals surface area (Å²) < 4.78 is 7.39. The van der Waals surface area contributed by atoms with Gasteiger partial charge in [-0.05, 0) is 60.9 Å². The molecule has 4 heterocycles. The van der Waals surface area contributed by atoms with Crippen LogP contribution in [-0.2, 0) is 14.9 Å². The molecule has 0 atom stereocenters. The van der Waals surface area contributed by atoms with Crippen LogP contribution in [0.1, 0.15) is 18.4 Å². The first-order chi connectivity index (χ1) is 17.1. The van der Waals surface area contributed by atoms with Gasteiger partial charge in [-0.15, -0.1) is 10.2 Å². The molecule has 0 aliphatic carbocycles. The molecular weight excluding hydrogens is 462 g/mol. The fourth-order valence-corrected chi connectivity index (χ4v) is 5.52. The molecule has 2 aromatic carbocycles. The summed E-state index contributed by atoms with van der Waals surface area (Å²) in [7, 11) is 0. The Morgan fingerprint density at radius 1 is 0.971 bits per heavy atom. The van der Waals surface area contributed by atoms with Gasteiger partial charge in [-0.1, -0.05) is 30.0 Å². The van der Waals surface area contributed by atoms with E-state index in [0.29, 0.717) is 37.5 Å². The third-order valence-electron chi connectivity index (χ3n) is 6.47. The molecule has 1 saturated heterocycles. The van der Waals surface area contributed by atoms with Gasteiger partial charge in [0.1, 0.15) is 5.69 Å². The van der Waals surface area contributed by atoms with Gasteiger partial charge in [0.2, 0.25) is 0 Å². The predicted molar refractivity (Wildman–Crippen MR) is 131 cm³/mol. The third-order valence-corrected chi connectivity index (χ3v) is 7.45. The van der Waals surface area contributed by atoms with Crippen LogP contribution in [0.25, 0.3) is 28.2 Å². The zero-order valence-electron chi connectivity index (χ0n) is 18.7. The van der Waals surface area contributed by atoms with E-state index in [1.165, 1.54) is 0 Å². The van der Waals surface area contributed by atoms with E-state index in [1.54, 1.807) is 24.2 Å². The topological polar surface area (TPSA) is 102 Å². The lowest BCUT2D eigenvalue weighted by atomic mass is 9.74. The number of aromatic nitrogens is 5. The molecule has 0 bridgehead atoms. The Labute approximate surface area is 205 Å². The fraction of sp³-hybridized carbons (Fsp3) is 0.192. The summed E-state index contributed by atoms with van der Waals surface area (Å²) >= 11 is 1.58. The Morgan fingerprint density at radius 2 is 1.83 bits per heavy atom. The molecule has 1 aliphatic rings. The molecule has 5 aromatic rings. The normalized spacial score (nSPS) is 15.4. The first kappa shape index (κ1) is 21.7. The number of carboxylic acids is 1. The van der Waals surface area contributed by atoms with Crippen LogP contribution in [0, 0.1) is 0 Å². The maximum atomic E-state index is 12.2. The molecule has 0 amide bonds. The van der Waals surface area contributed by atoms with Crippen LogP contribution in [0.2, 0.25) is 0 Å². The van der Waals surface area contributed by atoms with Crippen molar-refractivity contribution in [3.63, 3.8) is 0 Å². The van der Waals surface area contributed by atoms with E-state index in [0.717, 1.165) is 32.1 Å². The van der Waals surface area contributed by atoms with E-state index >= 15 is 0 Å². The van der Waals surface area contributed by atoms with Crippen molar-refractivity contribution in [2.24, 2.45) is 0 Å². The molecule has 6 rings (SSSR count). The monoisotopic (exact) mass is 483 g/mol. The Balaban J connectivity index is 1.36. The number of carbonyl (C=O) groups is 1. The van der Waals surface area contributed by atoms with E-state index < -0.39 is 11.4 Å². The second kappa shape index (κ2) is 8.75. The number of carboxylic acid groups (broad SMARTS) is 1. The molecule has 0 unspecified atom stereocenters. The minimum absolute atomic E-state index is 0.456. The van der Waals surface area contributed by atoms with Gasteiger partial charge >= 0.3 is 5.97 Å². The van der Waals surface area contributed by atoms with E-state index in [-0.39, 0.29) is 0 Å². The summed E-state index contributed by atoms with van der Waals surface area (Å²) in [4.78, 5) is 23.2. The molecule has 1 aliphatic heterocycles. The number of rotatable bonds is 5. The smallest absolute Gasteiger partial charge is 0.314 e. The number of fused-ring (bicyclic) bond motifs is 3. The highest BCUT2D eigenvalue weighted by molar-refractivity contribution is 7.99. The number of hydrogen-bond acceptors (Lipinski definition) is 7. The number of ether oxygens (including phenoxy) is 1. The molecular formula is C26H21N5O3S. The predicted octanol–water partition coefficient (Wildman–Crippen LogP) is 4.62. The van der Waals surface area contributed by atoms with Crippen LogP contribution in [0.4, 0.5) is 0 Å². The molecule has 1 fully saturated rings. The number of aliphatic carboxylic acids is 1. The average molecular weight is 484 g/mol. The van der Waals surface area contributed by atoms with Gasteiger partial charge in [-0.25, -0.2) is 0 Å². The largest absolute Gasteiger partial charge is 0.481 e. The Morgan fingerprint density at radius 3 is 2.63 bits per heavy atom. The number of pyridine rings is 1. The second-order valence-electron chi connectivity index (χ2n) is 8.47. The van der Waals surface area contributed by atoms with Crippen LogP contribution in [0.3, 0.4) is 0 Å². The van der Waals surface area contributed by atoms with Crippen molar-refractivity contribution < 1.29 is 14.6 Å². The highest BCUT2D eigenvalue weighted by Gasteiger charge is 2.42. The van der Waals surface area contributed by atoms with Gasteiger partial charge in [0, 0.05) is 29.2 Å². The SMILES string of the molecule is O=C(O)C1(c2cccc(Sc3ccc4c(c3)ncc3nnc(-c5ccccn5)n34)c2)CCOCC1. The van der Waals surface area contributed by atoms with E-state index in [4.69, 9.17) is 4.74 Å². The minimum Gasteiger partial charge on any atom is -0.481 e. The zero-order chi connectivity index (χ0) is 23.8. The third kappa shape index (κ3) is 3.82. The van der Waals surface area contributed by atoms with Crippen molar-refractivity contribution in [3.8, 4) is 11.5 Å². The van der Waals surface area contributed by atoms with Crippen LogP contribution in [0.5, 0.6) is 0 Å². The quantitative estimate of drug-likeness (QED) is 0.386. The van der Waals surface area contributed by atoms with Gasteiger partial charge in [0.05, 0.1) is 22.6 Å². The Hall–Kier alpha value is -3.82. The van der Waals surface area contributed by atoms with Crippen molar-refractivity contribution in [3.05, 3.63) is 78.6 Å². The Kier molecular flexibility index (Phi) is 5.43. The maximum absolute atomic E-state index is 12.2. The maximum Gasteiger partial charge on any atom is 0.314 e. The standard InChI is InChI=1S/C26H21N5O3S/c32-25(33)26(9-12-34-13-10-26)17-4-3-5-18(14-17)35-19-7-8-22-21(15-19)28-16-23-29-30-24(31(22)23)20-6-1-2-11-27-20/h1-8,11,14-16H,9-10,12-13H2,(H,32,33). The summed E-state index contributed by atoms with van der Waals surface area (Å²) in [6.45, 7) is 0.913. The van der Waals surface area contributed by atoms with Gasteiger partial charge in [-0.2, -0.15) is 0 Å². The highest BCUT2D eigenvalue weighted by Crippen LogP contribution is 2.38. The summed E-state index contributed by atoms with van der Waals surface area (Å²) in [5, 5.41) is 18.6. The van der Waals surface area contributed by atoms with Crippen LogP contribution < -0.4 is 0 Å². The first-order valence-corrected chi connectivity index (χ1v) is 12.1. The molecule has 35 heavy (non-hydrogen) atoms. The van der Waals surface area contributed by atoms with Crippen molar-refractivity contribution in [1.29, 1.82) is 0 Å². The first-order valence-electron chi connectivity index (χ1n) is 11.3. The van der Waals surface area contributed by atoms with Crippen LogP contribution in [0.15, 0.2) is 82.8 Å². The average Bonchev–Trinajstić information content (AvgIpc) is 3.34. The zero-order valence-corrected chi connectivity index (χ0v) is 19.5. The minimum atomic E-state index is -0.901. The van der Waals surface area contributed by atoms with Gasteiger partial charge in [0.25, 0.3) is 0 Å². The summed E-state index contributed by atoms with van der Waals surface area (Å²) in [6, 6.07) is 19.6. The van der Waals surface area contributed by atoms with Gasteiger partial charge < -0.3 is 9.84 Å².